The van der Waals surface area contributed by atoms with Crippen LogP contribution < -0.4 is 10.1 Å². The summed E-state index contributed by atoms with van der Waals surface area (Å²) in [6.07, 6.45) is 1.91. The summed E-state index contributed by atoms with van der Waals surface area (Å²) in [4.78, 5) is 7.74. The van der Waals surface area contributed by atoms with Crippen molar-refractivity contribution in [3.8, 4) is 11.6 Å². The molecule has 0 atom stereocenters. The second-order valence-corrected chi connectivity index (χ2v) is 4.29. The Labute approximate surface area is 115 Å². The molecular formula is C14H15F2N3O. The maximum absolute atomic E-state index is 13.6. The number of hydrogen-bond donors (Lipinski definition) is 1. The molecule has 1 N–H and O–H groups in total. The van der Waals surface area contributed by atoms with Crippen molar-refractivity contribution in [2.75, 3.05) is 11.9 Å². The van der Waals surface area contributed by atoms with Crippen LogP contribution >= 0.6 is 0 Å². The van der Waals surface area contributed by atoms with Gasteiger partial charge in [0, 0.05) is 12.6 Å². The van der Waals surface area contributed by atoms with Crippen molar-refractivity contribution in [3.05, 3.63) is 41.6 Å². The first kappa shape index (κ1) is 14.2. The second-order valence-electron chi connectivity index (χ2n) is 4.29. The first-order chi connectivity index (χ1) is 9.60. The normalized spacial score (nSPS) is 10.4. The summed E-state index contributed by atoms with van der Waals surface area (Å²) in [5, 5.41) is 2.93. The summed E-state index contributed by atoms with van der Waals surface area (Å²) in [6, 6.07) is 4.06. The van der Waals surface area contributed by atoms with Gasteiger partial charge in [-0.05, 0) is 25.0 Å². The standard InChI is InChI=1S/C14H15F2N3O/c1-3-6-17-14-18-8-11(16)13(19-14)20-12-7-10(15)5-4-9(12)2/h4-5,7-8H,3,6H2,1-2H3,(H,17,18,19). The molecular weight excluding hydrogens is 264 g/mol. The molecule has 106 valence electrons. The fraction of sp³-hybridized carbons (Fsp3) is 0.286. The zero-order valence-corrected chi connectivity index (χ0v) is 11.3. The van der Waals surface area contributed by atoms with E-state index in [1.165, 1.54) is 12.1 Å². The fourth-order valence-electron chi connectivity index (χ4n) is 1.53. The molecule has 1 aromatic heterocycles. The van der Waals surface area contributed by atoms with E-state index in [-0.39, 0.29) is 17.6 Å². The first-order valence-electron chi connectivity index (χ1n) is 6.30. The van der Waals surface area contributed by atoms with E-state index in [1.807, 2.05) is 6.92 Å². The van der Waals surface area contributed by atoms with E-state index in [4.69, 9.17) is 4.74 Å². The van der Waals surface area contributed by atoms with Gasteiger partial charge in [0.1, 0.15) is 11.6 Å². The fourth-order valence-corrected chi connectivity index (χ4v) is 1.53. The number of hydrogen-bond acceptors (Lipinski definition) is 4. The molecule has 0 saturated carbocycles. The van der Waals surface area contributed by atoms with Gasteiger partial charge < -0.3 is 10.1 Å². The molecule has 0 saturated heterocycles. The molecule has 0 aliphatic carbocycles. The smallest absolute Gasteiger partial charge is 0.260 e. The average molecular weight is 279 g/mol. The Kier molecular flexibility index (Phi) is 4.45. The van der Waals surface area contributed by atoms with E-state index in [9.17, 15) is 8.78 Å². The molecule has 0 radical (unpaired) electrons. The number of nitrogens with zero attached hydrogens (tertiary/aromatic N) is 2. The van der Waals surface area contributed by atoms with E-state index in [0.29, 0.717) is 12.1 Å². The lowest BCUT2D eigenvalue weighted by molar-refractivity contribution is 0.415. The molecule has 2 aromatic rings. The molecule has 0 spiro atoms. The molecule has 0 amide bonds. The minimum Gasteiger partial charge on any atom is -0.436 e. The van der Waals surface area contributed by atoms with Crippen molar-refractivity contribution >= 4 is 5.95 Å². The molecule has 2 rings (SSSR count). The van der Waals surface area contributed by atoms with Gasteiger partial charge in [0.2, 0.25) is 11.8 Å². The highest BCUT2D eigenvalue weighted by molar-refractivity contribution is 5.37. The van der Waals surface area contributed by atoms with Gasteiger partial charge in [-0.15, -0.1) is 0 Å². The van der Waals surface area contributed by atoms with Gasteiger partial charge in [-0.25, -0.2) is 9.37 Å². The molecule has 0 aliphatic heterocycles. The molecule has 1 aromatic carbocycles. The zero-order valence-electron chi connectivity index (χ0n) is 11.3. The minimum absolute atomic E-state index is 0.226. The Hall–Kier alpha value is -2.24. The van der Waals surface area contributed by atoms with Gasteiger partial charge in [-0.1, -0.05) is 13.0 Å². The third-order valence-corrected chi connectivity index (χ3v) is 2.60. The summed E-state index contributed by atoms with van der Waals surface area (Å²) in [7, 11) is 0. The third kappa shape index (κ3) is 3.40. The van der Waals surface area contributed by atoms with Gasteiger partial charge in [-0.2, -0.15) is 9.37 Å². The molecule has 0 aliphatic rings. The molecule has 1 heterocycles. The Morgan fingerprint density at radius 2 is 2.10 bits per heavy atom. The topological polar surface area (TPSA) is 47.0 Å². The predicted octanol–water partition coefficient (Wildman–Crippen LogP) is 3.68. The number of halogens is 2. The highest BCUT2D eigenvalue weighted by Gasteiger charge is 2.11. The Morgan fingerprint density at radius 1 is 1.30 bits per heavy atom. The van der Waals surface area contributed by atoms with E-state index < -0.39 is 11.6 Å². The molecule has 0 bridgehead atoms. The predicted molar refractivity (Wildman–Crippen MR) is 72.0 cm³/mol. The lowest BCUT2D eigenvalue weighted by Gasteiger charge is -2.10. The van der Waals surface area contributed by atoms with Crippen LogP contribution in [0.3, 0.4) is 0 Å². The van der Waals surface area contributed by atoms with Crippen LogP contribution in [0.25, 0.3) is 0 Å². The number of aromatic nitrogens is 2. The maximum Gasteiger partial charge on any atom is 0.260 e. The number of nitrogens with one attached hydrogen (secondary N) is 1. The number of anilines is 1. The molecule has 4 nitrogen and oxygen atoms in total. The van der Waals surface area contributed by atoms with Crippen LogP contribution in [0.5, 0.6) is 11.6 Å². The first-order valence-corrected chi connectivity index (χ1v) is 6.30. The van der Waals surface area contributed by atoms with Crippen LogP contribution in [0.15, 0.2) is 24.4 Å². The second kappa shape index (κ2) is 6.27. The summed E-state index contributed by atoms with van der Waals surface area (Å²) >= 11 is 0. The van der Waals surface area contributed by atoms with Gasteiger partial charge in [-0.3, -0.25) is 0 Å². The summed E-state index contributed by atoms with van der Waals surface area (Å²) < 4.78 is 32.2. The largest absolute Gasteiger partial charge is 0.436 e. The third-order valence-electron chi connectivity index (χ3n) is 2.60. The van der Waals surface area contributed by atoms with Gasteiger partial charge in [0.25, 0.3) is 5.88 Å². The van der Waals surface area contributed by atoms with Crippen molar-refractivity contribution < 1.29 is 13.5 Å². The quantitative estimate of drug-likeness (QED) is 0.907. The van der Waals surface area contributed by atoms with Crippen molar-refractivity contribution in [1.29, 1.82) is 0 Å². The summed E-state index contributed by atoms with van der Waals surface area (Å²) in [5.41, 5.74) is 0.687. The Balaban J connectivity index is 2.25. The summed E-state index contributed by atoms with van der Waals surface area (Å²) in [6.45, 7) is 4.40. The lowest BCUT2D eigenvalue weighted by atomic mass is 10.2. The molecule has 20 heavy (non-hydrogen) atoms. The SMILES string of the molecule is CCCNc1ncc(F)c(Oc2cc(F)ccc2C)n1. The van der Waals surface area contributed by atoms with Crippen LogP contribution in [0, 0.1) is 18.6 Å². The molecule has 6 heteroatoms. The van der Waals surface area contributed by atoms with Gasteiger partial charge in [0.15, 0.2) is 0 Å². The summed E-state index contributed by atoms with van der Waals surface area (Å²) in [5.74, 6) is -0.881. The van der Waals surface area contributed by atoms with Crippen molar-refractivity contribution in [2.45, 2.75) is 20.3 Å². The van der Waals surface area contributed by atoms with E-state index in [0.717, 1.165) is 12.6 Å². The number of rotatable bonds is 5. The molecule has 0 fully saturated rings. The monoisotopic (exact) mass is 279 g/mol. The maximum atomic E-state index is 13.6. The van der Waals surface area contributed by atoms with Gasteiger partial charge in [0.05, 0.1) is 6.20 Å². The highest BCUT2D eigenvalue weighted by atomic mass is 19.1. The zero-order chi connectivity index (χ0) is 14.5. The minimum atomic E-state index is -0.698. The average Bonchev–Trinajstić information content (AvgIpc) is 2.43. The van der Waals surface area contributed by atoms with Crippen LogP contribution in [-0.4, -0.2) is 16.5 Å². The van der Waals surface area contributed by atoms with Crippen molar-refractivity contribution in [3.63, 3.8) is 0 Å². The lowest BCUT2D eigenvalue weighted by Crippen LogP contribution is -2.06. The van der Waals surface area contributed by atoms with E-state index in [1.54, 1.807) is 13.0 Å². The van der Waals surface area contributed by atoms with Crippen LogP contribution in [0.2, 0.25) is 0 Å². The van der Waals surface area contributed by atoms with Gasteiger partial charge >= 0.3 is 0 Å². The number of ether oxygens (including phenoxy) is 1. The van der Waals surface area contributed by atoms with E-state index in [2.05, 4.69) is 15.3 Å². The van der Waals surface area contributed by atoms with Crippen LogP contribution in [0.4, 0.5) is 14.7 Å². The Morgan fingerprint density at radius 3 is 2.85 bits per heavy atom. The van der Waals surface area contributed by atoms with Crippen LogP contribution in [0.1, 0.15) is 18.9 Å². The van der Waals surface area contributed by atoms with E-state index >= 15 is 0 Å². The van der Waals surface area contributed by atoms with Crippen molar-refractivity contribution in [1.82, 2.24) is 9.97 Å². The van der Waals surface area contributed by atoms with Crippen LogP contribution in [-0.2, 0) is 0 Å². The molecule has 0 unspecified atom stereocenters. The number of aryl methyl sites for hydroxylation is 1. The highest BCUT2D eigenvalue weighted by Crippen LogP contribution is 2.26. The number of benzene rings is 1. The van der Waals surface area contributed by atoms with Crippen molar-refractivity contribution in [2.24, 2.45) is 0 Å². The Bertz CT molecular complexity index is 605.